The van der Waals surface area contributed by atoms with Crippen LogP contribution in [0.25, 0.3) is 0 Å². The lowest BCUT2D eigenvalue weighted by atomic mass is 10.3. The summed E-state index contributed by atoms with van der Waals surface area (Å²) in [6, 6.07) is 11.4. The molecule has 0 radical (unpaired) electrons. The minimum absolute atomic E-state index is 0.848. The standard InChI is InChI=1S/C10H10N2.C8H10O2/c1-2-8-12(9-3-1)10-4-6-11-7-5-10;1-9-7-3-5-8(10-2)6-4-7/h1-8H,9H2;3-6H,1-2H3. The van der Waals surface area contributed by atoms with Crippen molar-refractivity contribution in [1.82, 2.24) is 4.98 Å². The highest BCUT2D eigenvalue weighted by molar-refractivity contribution is 5.49. The molecule has 0 atom stereocenters. The SMILES string of the molecule is C1=CCN(c2ccncc2)C=C1.COc1ccc(OC)cc1. The number of rotatable bonds is 3. The monoisotopic (exact) mass is 296 g/mol. The van der Waals surface area contributed by atoms with Gasteiger partial charge in [0.2, 0.25) is 0 Å². The Morgan fingerprint density at radius 1 is 0.864 bits per heavy atom. The Bertz CT molecular complexity index is 584. The van der Waals surface area contributed by atoms with E-state index in [1.165, 1.54) is 5.69 Å². The molecule has 4 heteroatoms. The molecule has 1 aliphatic rings. The first-order chi connectivity index (χ1) is 10.8. The topological polar surface area (TPSA) is 34.6 Å². The highest BCUT2D eigenvalue weighted by atomic mass is 16.5. The van der Waals surface area contributed by atoms with Gasteiger partial charge in [0.1, 0.15) is 11.5 Å². The molecule has 0 spiro atoms. The lowest BCUT2D eigenvalue weighted by molar-refractivity contribution is 0.403. The number of pyridine rings is 1. The fourth-order valence-corrected chi connectivity index (χ4v) is 1.91. The number of benzene rings is 1. The van der Waals surface area contributed by atoms with Crippen LogP contribution >= 0.6 is 0 Å². The van der Waals surface area contributed by atoms with Crippen molar-refractivity contribution in [3.05, 3.63) is 73.2 Å². The fourth-order valence-electron chi connectivity index (χ4n) is 1.91. The van der Waals surface area contributed by atoms with Crippen molar-refractivity contribution in [2.45, 2.75) is 0 Å². The average Bonchev–Trinajstić information content (AvgIpc) is 2.64. The highest BCUT2D eigenvalue weighted by Crippen LogP contribution is 2.16. The Balaban J connectivity index is 0.000000164. The number of anilines is 1. The van der Waals surface area contributed by atoms with E-state index in [9.17, 15) is 0 Å². The maximum absolute atomic E-state index is 4.96. The molecule has 3 rings (SSSR count). The molecule has 0 N–H and O–H groups in total. The number of allylic oxidation sites excluding steroid dienone is 2. The number of hydrogen-bond donors (Lipinski definition) is 0. The smallest absolute Gasteiger partial charge is 0.119 e. The summed E-state index contributed by atoms with van der Waals surface area (Å²) in [7, 11) is 3.28. The van der Waals surface area contributed by atoms with E-state index < -0.39 is 0 Å². The number of hydrogen-bond acceptors (Lipinski definition) is 4. The number of methoxy groups -OCH3 is 2. The van der Waals surface area contributed by atoms with Crippen LogP contribution in [0.15, 0.2) is 73.2 Å². The van der Waals surface area contributed by atoms with Crippen molar-refractivity contribution in [2.75, 3.05) is 25.7 Å². The van der Waals surface area contributed by atoms with E-state index >= 15 is 0 Å². The van der Waals surface area contributed by atoms with Crippen LogP contribution < -0.4 is 14.4 Å². The quantitative estimate of drug-likeness (QED) is 0.865. The summed E-state index contributed by atoms with van der Waals surface area (Å²) in [5.41, 5.74) is 1.19. The molecular weight excluding hydrogens is 276 g/mol. The second kappa shape index (κ2) is 8.52. The Morgan fingerprint density at radius 3 is 1.91 bits per heavy atom. The molecule has 2 heterocycles. The van der Waals surface area contributed by atoms with Gasteiger partial charge in [-0.15, -0.1) is 0 Å². The van der Waals surface area contributed by atoms with E-state index in [1.54, 1.807) is 14.2 Å². The Kier molecular flexibility index (Phi) is 6.05. The van der Waals surface area contributed by atoms with Crippen molar-refractivity contribution in [2.24, 2.45) is 0 Å². The van der Waals surface area contributed by atoms with Crippen LogP contribution in [0.5, 0.6) is 11.5 Å². The van der Waals surface area contributed by atoms with E-state index in [4.69, 9.17) is 9.47 Å². The first-order valence-electron chi connectivity index (χ1n) is 7.01. The third-order valence-corrected chi connectivity index (χ3v) is 3.10. The Morgan fingerprint density at radius 2 is 1.45 bits per heavy atom. The highest BCUT2D eigenvalue weighted by Gasteiger charge is 2.00. The van der Waals surface area contributed by atoms with Gasteiger partial charge in [0, 0.05) is 30.8 Å². The van der Waals surface area contributed by atoms with E-state index in [-0.39, 0.29) is 0 Å². The average molecular weight is 296 g/mol. The van der Waals surface area contributed by atoms with Gasteiger partial charge in [0.15, 0.2) is 0 Å². The third-order valence-electron chi connectivity index (χ3n) is 3.10. The summed E-state index contributed by atoms with van der Waals surface area (Å²) in [5, 5.41) is 0. The number of nitrogens with zero attached hydrogens (tertiary/aromatic N) is 2. The minimum Gasteiger partial charge on any atom is -0.497 e. The van der Waals surface area contributed by atoms with Crippen molar-refractivity contribution in [3.63, 3.8) is 0 Å². The summed E-state index contributed by atoms with van der Waals surface area (Å²) >= 11 is 0. The molecule has 4 nitrogen and oxygen atoms in total. The zero-order chi connectivity index (χ0) is 15.6. The van der Waals surface area contributed by atoms with Gasteiger partial charge in [-0.3, -0.25) is 4.98 Å². The summed E-state index contributed by atoms with van der Waals surface area (Å²) in [6.07, 6.45) is 11.9. The van der Waals surface area contributed by atoms with Gasteiger partial charge in [0.05, 0.1) is 14.2 Å². The molecule has 114 valence electrons. The van der Waals surface area contributed by atoms with Crippen LogP contribution in [-0.2, 0) is 0 Å². The lowest BCUT2D eigenvalue weighted by Crippen LogP contribution is -2.17. The molecule has 1 aliphatic heterocycles. The number of ether oxygens (including phenoxy) is 2. The van der Waals surface area contributed by atoms with Crippen LogP contribution in [-0.4, -0.2) is 25.7 Å². The molecule has 0 fully saturated rings. The molecule has 0 amide bonds. The van der Waals surface area contributed by atoms with Gasteiger partial charge in [-0.05, 0) is 42.5 Å². The van der Waals surface area contributed by atoms with Gasteiger partial charge < -0.3 is 14.4 Å². The Labute approximate surface area is 131 Å². The summed E-state index contributed by atoms with van der Waals surface area (Å²) in [4.78, 5) is 6.14. The Hall–Kier alpha value is -2.75. The van der Waals surface area contributed by atoms with Gasteiger partial charge in [-0.1, -0.05) is 12.2 Å². The second-order valence-corrected chi connectivity index (χ2v) is 4.51. The molecule has 2 aromatic rings. The van der Waals surface area contributed by atoms with Crippen molar-refractivity contribution < 1.29 is 9.47 Å². The van der Waals surface area contributed by atoms with Gasteiger partial charge in [0.25, 0.3) is 0 Å². The lowest BCUT2D eigenvalue weighted by Gasteiger charge is -2.19. The van der Waals surface area contributed by atoms with E-state index in [1.807, 2.05) is 54.9 Å². The maximum Gasteiger partial charge on any atom is 0.119 e. The predicted octanol–water partition coefficient (Wildman–Crippen LogP) is 3.68. The third kappa shape index (κ3) is 4.66. The first kappa shape index (κ1) is 15.6. The largest absolute Gasteiger partial charge is 0.497 e. The number of aromatic nitrogens is 1. The normalized spacial score (nSPS) is 12.4. The molecule has 0 unspecified atom stereocenters. The van der Waals surface area contributed by atoms with Crippen molar-refractivity contribution in [1.29, 1.82) is 0 Å². The molecule has 0 saturated carbocycles. The second-order valence-electron chi connectivity index (χ2n) is 4.51. The van der Waals surface area contributed by atoms with Crippen molar-refractivity contribution in [3.8, 4) is 11.5 Å². The summed E-state index contributed by atoms with van der Waals surface area (Å²) in [5.74, 6) is 1.70. The van der Waals surface area contributed by atoms with Gasteiger partial charge in [-0.25, -0.2) is 0 Å². The van der Waals surface area contributed by atoms with Gasteiger partial charge in [-0.2, -0.15) is 0 Å². The van der Waals surface area contributed by atoms with Crippen molar-refractivity contribution >= 4 is 5.69 Å². The molecule has 1 aromatic heterocycles. The summed E-state index contributed by atoms with van der Waals surface area (Å²) < 4.78 is 9.92. The molecule has 0 bridgehead atoms. The fraction of sp³-hybridized carbons (Fsp3) is 0.167. The van der Waals surface area contributed by atoms with E-state index in [2.05, 4.69) is 28.2 Å². The minimum atomic E-state index is 0.848. The van der Waals surface area contributed by atoms with Gasteiger partial charge >= 0.3 is 0 Å². The zero-order valence-electron chi connectivity index (χ0n) is 12.8. The van der Waals surface area contributed by atoms with Crippen LogP contribution in [0.1, 0.15) is 0 Å². The molecule has 1 aromatic carbocycles. The molecule has 0 aliphatic carbocycles. The van der Waals surface area contributed by atoms with Crippen LogP contribution in [0.3, 0.4) is 0 Å². The molecule has 0 saturated heterocycles. The van der Waals surface area contributed by atoms with E-state index in [0.29, 0.717) is 0 Å². The summed E-state index contributed by atoms with van der Waals surface area (Å²) in [6.45, 7) is 0.945. The van der Waals surface area contributed by atoms with E-state index in [0.717, 1.165) is 18.0 Å². The van der Waals surface area contributed by atoms with Crippen LogP contribution in [0, 0.1) is 0 Å². The van der Waals surface area contributed by atoms with Crippen LogP contribution in [0.4, 0.5) is 5.69 Å². The zero-order valence-corrected chi connectivity index (χ0v) is 12.8. The molecule has 22 heavy (non-hydrogen) atoms. The molecular formula is C18H20N2O2. The maximum atomic E-state index is 4.96. The van der Waals surface area contributed by atoms with Crippen LogP contribution in [0.2, 0.25) is 0 Å². The first-order valence-corrected chi connectivity index (χ1v) is 7.01. The predicted molar refractivity (Wildman–Crippen MR) is 89.4 cm³/mol.